The molecule has 5 nitrogen and oxygen atoms in total. The minimum Gasteiger partial charge on any atom is -0.497 e. The van der Waals surface area contributed by atoms with Crippen LogP contribution in [0.1, 0.15) is 48.1 Å². The monoisotopic (exact) mass is 579 g/mol. The molecule has 1 spiro atoms. The smallest absolute Gasteiger partial charge is 0.186 e. The lowest BCUT2D eigenvalue weighted by Gasteiger charge is -2.37. The van der Waals surface area contributed by atoms with E-state index in [0.717, 1.165) is 5.56 Å². The first-order valence-corrected chi connectivity index (χ1v) is 14.0. The van der Waals surface area contributed by atoms with E-state index in [0.29, 0.717) is 43.7 Å². The van der Waals surface area contributed by atoms with Crippen molar-refractivity contribution in [2.24, 2.45) is 5.41 Å². The van der Waals surface area contributed by atoms with Gasteiger partial charge < -0.3 is 9.64 Å². The zero-order valence-electron chi connectivity index (χ0n) is 21.9. The molecule has 0 bridgehead atoms. The van der Waals surface area contributed by atoms with Crippen LogP contribution in [-0.4, -0.2) is 36.5 Å². The fourth-order valence-electron chi connectivity index (χ4n) is 6.97. The summed E-state index contributed by atoms with van der Waals surface area (Å²) in [5.41, 5.74) is 1.59. The highest BCUT2D eigenvalue weighted by atomic mass is 35.5. The number of ether oxygens (including phenoxy) is 1. The van der Waals surface area contributed by atoms with E-state index in [1.807, 2.05) is 41.3 Å². The number of hydrogen-bond acceptors (Lipinski definition) is 5. The van der Waals surface area contributed by atoms with Crippen LogP contribution in [-0.2, 0) is 0 Å². The van der Waals surface area contributed by atoms with Crippen molar-refractivity contribution in [3.63, 3.8) is 0 Å². The van der Waals surface area contributed by atoms with Crippen LogP contribution in [0.5, 0.6) is 5.75 Å². The SMILES string of the molecule is COc1cccc(C(=O)[C@@H]2[C@@H](c3ccccc3Cl)C3(C(=O)c4ccccc4C3=O)[C@@H]3C=Cc4cc(Cl)ccc4N23)c1. The summed E-state index contributed by atoms with van der Waals surface area (Å²) in [5, 5.41) is 0.927. The third-order valence-electron chi connectivity index (χ3n) is 8.63. The van der Waals surface area contributed by atoms with Crippen LogP contribution in [0.4, 0.5) is 5.69 Å². The maximum Gasteiger partial charge on any atom is 0.186 e. The van der Waals surface area contributed by atoms with Crippen LogP contribution in [0.25, 0.3) is 6.08 Å². The van der Waals surface area contributed by atoms with Gasteiger partial charge in [-0.1, -0.05) is 90.0 Å². The lowest BCUT2D eigenvalue weighted by Crippen LogP contribution is -2.48. The molecule has 0 radical (unpaired) electrons. The Kier molecular flexibility index (Phi) is 5.93. The van der Waals surface area contributed by atoms with E-state index < -0.39 is 23.4 Å². The summed E-state index contributed by atoms with van der Waals surface area (Å²) >= 11 is 13.2. The molecule has 2 heterocycles. The second kappa shape index (κ2) is 9.44. The van der Waals surface area contributed by atoms with Crippen molar-refractivity contribution < 1.29 is 19.1 Å². The fourth-order valence-corrected chi connectivity index (χ4v) is 7.40. The number of nitrogens with zero attached hydrogens (tertiary/aromatic N) is 1. The lowest BCUT2D eigenvalue weighted by atomic mass is 9.64. The van der Waals surface area contributed by atoms with E-state index in [-0.39, 0.29) is 17.3 Å². The highest BCUT2D eigenvalue weighted by Crippen LogP contribution is 2.61. The van der Waals surface area contributed by atoms with E-state index in [2.05, 4.69) is 0 Å². The summed E-state index contributed by atoms with van der Waals surface area (Å²) in [6.07, 6.45) is 3.75. The number of anilines is 1. The molecule has 0 unspecified atom stereocenters. The number of fused-ring (bicyclic) bond motifs is 5. The predicted octanol–water partition coefficient (Wildman–Crippen LogP) is 7.32. The summed E-state index contributed by atoms with van der Waals surface area (Å²) in [5.74, 6) is -1.22. The minimum atomic E-state index is -1.62. The Hall–Kier alpha value is -4.19. The first-order valence-electron chi connectivity index (χ1n) is 13.3. The van der Waals surface area contributed by atoms with Gasteiger partial charge in [-0.25, -0.2) is 0 Å². The van der Waals surface area contributed by atoms with E-state index in [9.17, 15) is 14.4 Å². The summed E-state index contributed by atoms with van der Waals surface area (Å²) in [4.78, 5) is 46.0. The number of Topliss-reactive ketones (excluding diaryl/α,β-unsaturated/α-hetero) is 3. The topological polar surface area (TPSA) is 63.7 Å². The second-order valence-corrected chi connectivity index (χ2v) is 11.4. The standard InChI is InChI=1S/C34H23Cl2NO4/c1-41-22-8-6-7-20(18-22)31(38)30-29(25-11-4-5-12-26(25)36)34(32(39)23-9-2-3-10-24(23)33(34)40)28-16-13-19-17-21(35)14-15-27(19)37(28)30/h2-18,28-30H,1H3/t28-,29+,30-/m0/s1. The van der Waals surface area contributed by atoms with Crippen molar-refractivity contribution in [2.45, 2.75) is 18.0 Å². The third kappa shape index (κ3) is 3.52. The zero-order chi connectivity index (χ0) is 28.5. The van der Waals surface area contributed by atoms with Gasteiger partial charge in [-0.2, -0.15) is 0 Å². The van der Waals surface area contributed by atoms with Crippen LogP contribution in [0.2, 0.25) is 10.0 Å². The average molecular weight is 580 g/mol. The molecule has 0 aromatic heterocycles. The molecule has 0 amide bonds. The first-order chi connectivity index (χ1) is 19.9. The Morgan fingerprint density at radius 3 is 2.27 bits per heavy atom. The number of halogens is 2. The Morgan fingerprint density at radius 2 is 1.56 bits per heavy atom. The van der Waals surface area contributed by atoms with Gasteiger partial charge in [0.15, 0.2) is 17.3 Å². The number of ketones is 3. The predicted molar refractivity (Wildman–Crippen MR) is 160 cm³/mol. The van der Waals surface area contributed by atoms with Gasteiger partial charge in [0.2, 0.25) is 0 Å². The van der Waals surface area contributed by atoms with Crippen molar-refractivity contribution in [3.05, 3.63) is 135 Å². The van der Waals surface area contributed by atoms with Gasteiger partial charge in [0.25, 0.3) is 0 Å². The number of rotatable bonds is 4. The maximum absolute atomic E-state index is 14.8. The van der Waals surface area contributed by atoms with Crippen molar-refractivity contribution >= 4 is 52.3 Å². The average Bonchev–Trinajstić information content (AvgIpc) is 3.43. The number of hydrogen-bond donors (Lipinski definition) is 0. The van der Waals surface area contributed by atoms with Crippen LogP contribution in [0.15, 0.2) is 97.1 Å². The summed E-state index contributed by atoms with van der Waals surface area (Å²) in [6, 6.07) is 24.7. The first kappa shape index (κ1) is 25.8. The molecule has 7 rings (SSSR count). The van der Waals surface area contributed by atoms with Crippen molar-refractivity contribution in [1.29, 1.82) is 0 Å². The lowest BCUT2D eigenvalue weighted by molar-refractivity contribution is 0.0666. The molecular formula is C34H23Cl2NO4. The van der Waals surface area contributed by atoms with Gasteiger partial charge in [0.05, 0.1) is 13.2 Å². The molecule has 1 fully saturated rings. The fraction of sp³-hybridized carbons (Fsp3) is 0.147. The van der Waals surface area contributed by atoms with Crippen LogP contribution in [0, 0.1) is 5.41 Å². The van der Waals surface area contributed by atoms with E-state index in [1.54, 1.807) is 73.8 Å². The van der Waals surface area contributed by atoms with Gasteiger partial charge in [-0.15, -0.1) is 0 Å². The molecule has 202 valence electrons. The number of benzene rings is 4. The van der Waals surface area contributed by atoms with Gasteiger partial charge in [-0.05, 0) is 47.5 Å². The van der Waals surface area contributed by atoms with E-state index >= 15 is 0 Å². The Balaban J connectivity index is 1.56. The van der Waals surface area contributed by atoms with Crippen molar-refractivity contribution in [1.82, 2.24) is 0 Å². The molecule has 2 aliphatic heterocycles. The summed E-state index contributed by atoms with van der Waals surface area (Å²) in [7, 11) is 1.54. The molecule has 1 aliphatic carbocycles. The second-order valence-electron chi connectivity index (χ2n) is 10.5. The molecule has 1 saturated heterocycles. The van der Waals surface area contributed by atoms with E-state index in [4.69, 9.17) is 27.9 Å². The van der Waals surface area contributed by atoms with Gasteiger partial charge in [0.1, 0.15) is 17.2 Å². The molecule has 4 aromatic carbocycles. The quantitative estimate of drug-likeness (QED) is 0.187. The minimum absolute atomic E-state index is 0.247. The zero-order valence-corrected chi connectivity index (χ0v) is 23.4. The van der Waals surface area contributed by atoms with Gasteiger partial charge in [0, 0.05) is 38.3 Å². The largest absolute Gasteiger partial charge is 0.497 e. The molecule has 3 aliphatic rings. The number of carbonyl (C=O) groups excluding carboxylic acids is 3. The number of methoxy groups -OCH3 is 1. The van der Waals surface area contributed by atoms with Crippen LogP contribution >= 0.6 is 23.2 Å². The normalized spacial score (nSPS) is 21.5. The molecule has 0 N–H and O–H groups in total. The molecule has 3 atom stereocenters. The van der Waals surface area contributed by atoms with Gasteiger partial charge in [-0.3, -0.25) is 14.4 Å². The van der Waals surface area contributed by atoms with Crippen LogP contribution in [0.3, 0.4) is 0 Å². The molecule has 4 aromatic rings. The molecule has 7 heteroatoms. The maximum atomic E-state index is 14.8. The third-order valence-corrected chi connectivity index (χ3v) is 9.21. The molecular weight excluding hydrogens is 557 g/mol. The summed E-state index contributed by atoms with van der Waals surface area (Å²) in [6.45, 7) is 0. The Morgan fingerprint density at radius 1 is 0.854 bits per heavy atom. The number of carbonyl (C=O) groups is 3. The van der Waals surface area contributed by atoms with Crippen LogP contribution < -0.4 is 9.64 Å². The molecule has 0 saturated carbocycles. The highest BCUT2D eigenvalue weighted by molar-refractivity contribution is 6.34. The van der Waals surface area contributed by atoms with Gasteiger partial charge >= 0.3 is 0 Å². The van der Waals surface area contributed by atoms with Crippen molar-refractivity contribution in [3.8, 4) is 5.75 Å². The highest BCUT2D eigenvalue weighted by Gasteiger charge is 2.71. The van der Waals surface area contributed by atoms with Crippen molar-refractivity contribution in [2.75, 3.05) is 12.0 Å². The Labute approximate surface area is 247 Å². The molecule has 41 heavy (non-hydrogen) atoms. The summed E-state index contributed by atoms with van der Waals surface area (Å²) < 4.78 is 5.42. The van der Waals surface area contributed by atoms with E-state index in [1.165, 1.54) is 0 Å². The Bertz CT molecular complexity index is 1780.